The molecule has 84 valence electrons. The zero-order valence-electron chi connectivity index (χ0n) is 9.28. The summed E-state index contributed by atoms with van der Waals surface area (Å²) in [5, 5.41) is 8.46. The Hall–Kier alpha value is -1.08. The summed E-state index contributed by atoms with van der Waals surface area (Å²) >= 11 is 0. The molecule has 2 atom stereocenters. The Morgan fingerprint density at radius 3 is 2.93 bits per heavy atom. The first-order chi connectivity index (χ1) is 7.15. The molecular weight excluding hydrogens is 190 g/mol. The van der Waals surface area contributed by atoms with Crippen molar-refractivity contribution < 1.29 is 4.79 Å². The number of primary amides is 1. The maximum absolute atomic E-state index is 11.1. The molecule has 1 amide bonds. The lowest BCUT2D eigenvalue weighted by atomic mass is 9.93. The highest BCUT2D eigenvalue weighted by Crippen LogP contribution is 2.21. The molecule has 4 nitrogen and oxygen atoms in total. The summed E-state index contributed by atoms with van der Waals surface area (Å²) in [6.45, 7) is 3.84. The molecule has 0 aromatic carbocycles. The average molecular weight is 209 g/mol. The zero-order valence-corrected chi connectivity index (χ0v) is 9.28. The standard InChI is InChI=1S/C11H19N3O/c1-9-4-5-10(11(13)15)8-14(9)7-3-2-6-12/h9-10H,2-5,7-8H2,1H3,(H2,13,15). The third kappa shape index (κ3) is 3.52. The van der Waals surface area contributed by atoms with Crippen molar-refractivity contribution in [1.29, 1.82) is 5.26 Å². The van der Waals surface area contributed by atoms with Crippen molar-refractivity contribution in [2.45, 2.75) is 38.6 Å². The molecule has 1 fully saturated rings. The van der Waals surface area contributed by atoms with Gasteiger partial charge in [0, 0.05) is 19.0 Å². The van der Waals surface area contributed by atoms with Crippen LogP contribution in [-0.2, 0) is 4.79 Å². The average Bonchev–Trinajstić information content (AvgIpc) is 2.20. The topological polar surface area (TPSA) is 70.1 Å². The lowest BCUT2D eigenvalue weighted by Gasteiger charge is -2.36. The van der Waals surface area contributed by atoms with Crippen LogP contribution < -0.4 is 5.73 Å². The molecule has 0 saturated carbocycles. The highest BCUT2D eigenvalue weighted by molar-refractivity contribution is 5.76. The summed E-state index contributed by atoms with van der Waals surface area (Å²) in [4.78, 5) is 13.4. The molecule has 0 radical (unpaired) electrons. The zero-order chi connectivity index (χ0) is 11.3. The first-order valence-electron chi connectivity index (χ1n) is 5.55. The van der Waals surface area contributed by atoms with Gasteiger partial charge in [0.2, 0.25) is 5.91 Å². The highest BCUT2D eigenvalue weighted by Gasteiger charge is 2.27. The predicted octanol–water partition coefficient (Wildman–Crippen LogP) is 0.876. The Balaban J connectivity index is 2.40. The molecule has 2 unspecified atom stereocenters. The van der Waals surface area contributed by atoms with E-state index in [0.29, 0.717) is 12.5 Å². The second-order valence-corrected chi connectivity index (χ2v) is 4.28. The molecule has 15 heavy (non-hydrogen) atoms. The number of amides is 1. The minimum absolute atomic E-state index is 0.00304. The van der Waals surface area contributed by atoms with Crippen molar-refractivity contribution in [3.05, 3.63) is 0 Å². The summed E-state index contributed by atoms with van der Waals surface area (Å²) in [7, 11) is 0. The van der Waals surface area contributed by atoms with Gasteiger partial charge in [0.05, 0.1) is 12.0 Å². The summed E-state index contributed by atoms with van der Waals surface area (Å²) in [6, 6.07) is 2.65. The molecule has 0 spiro atoms. The van der Waals surface area contributed by atoms with Crippen molar-refractivity contribution in [2.75, 3.05) is 13.1 Å². The SMILES string of the molecule is CC1CCC(C(N)=O)CN1CCCC#N. The van der Waals surface area contributed by atoms with Gasteiger partial charge >= 0.3 is 0 Å². The van der Waals surface area contributed by atoms with Crippen LogP contribution in [-0.4, -0.2) is 29.9 Å². The fourth-order valence-electron chi connectivity index (χ4n) is 2.08. The van der Waals surface area contributed by atoms with E-state index in [-0.39, 0.29) is 11.8 Å². The molecule has 4 heteroatoms. The minimum Gasteiger partial charge on any atom is -0.369 e. The molecule has 1 heterocycles. The van der Waals surface area contributed by atoms with Crippen LogP contribution in [0.4, 0.5) is 0 Å². The van der Waals surface area contributed by atoms with Crippen molar-refractivity contribution in [3.8, 4) is 6.07 Å². The lowest BCUT2D eigenvalue weighted by Crippen LogP contribution is -2.46. The van der Waals surface area contributed by atoms with E-state index in [4.69, 9.17) is 11.0 Å². The maximum atomic E-state index is 11.1. The first kappa shape index (κ1) is 12.0. The normalized spacial score (nSPS) is 27.2. The van der Waals surface area contributed by atoms with E-state index in [2.05, 4.69) is 17.9 Å². The van der Waals surface area contributed by atoms with Gasteiger partial charge in [-0.15, -0.1) is 0 Å². The molecule has 2 N–H and O–H groups in total. The van der Waals surface area contributed by atoms with Gasteiger partial charge < -0.3 is 5.73 Å². The Labute approximate surface area is 91.0 Å². The number of unbranched alkanes of at least 4 members (excludes halogenated alkanes) is 1. The van der Waals surface area contributed by atoms with Gasteiger partial charge in [-0.3, -0.25) is 9.69 Å². The third-order valence-corrected chi connectivity index (χ3v) is 3.15. The number of carbonyl (C=O) groups excluding carboxylic acids is 1. The van der Waals surface area contributed by atoms with Gasteiger partial charge in [-0.25, -0.2) is 0 Å². The lowest BCUT2D eigenvalue weighted by molar-refractivity contribution is -0.123. The third-order valence-electron chi connectivity index (χ3n) is 3.15. The Morgan fingerprint density at radius 1 is 1.60 bits per heavy atom. The summed E-state index contributed by atoms with van der Waals surface area (Å²) in [6.07, 6.45) is 3.40. The fraction of sp³-hybridized carbons (Fsp3) is 0.818. The number of nitrogens with zero attached hydrogens (tertiary/aromatic N) is 2. The van der Waals surface area contributed by atoms with Crippen LogP contribution in [0.5, 0.6) is 0 Å². The van der Waals surface area contributed by atoms with Crippen molar-refractivity contribution in [1.82, 2.24) is 4.90 Å². The van der Waals surface area contributed by atoms with Crippen LogP contribution in [0.15, 0.2) is 0 Å². The molecule has 1 saturated heterocycles. The number of rotatable bonds is 4. The van der Waals surface area contributed by atoms with E-state index in [1.807, 2.05) is 0 Å². The van der Waals surface area contributed by atoms with E-state index >= 15 is 0 Å². The second kappa shape index (κ2) is 5.72. The smallest absolute Gasteiger partial charge is 0.221 e. The van der Waals surface area contributed by atoms with E-state index in [1.165, 1.54) is 0 Å². The van der Waals surface area contributed by atoms with E-state index in [1.54, 1.807) is 0 Å². The predicted molar refractivity (Wildman–Crippen MR) is 57.8 cm³/mol. The molecule has 0 aliphatic carbocycles. The van der Waals surface area contributed by atoms with E-state index in [9.17, 15) is 4.79 Å². The molecule has 0 bridgehead atoms. The Bertz CT molecular complexity index is 259. The monoisotopic (exact) mass is 209 g/mol. The van der Waals surface area contributed by atoms with Gasteiger partial charge in [-0.2, -0.15) is 5.26 Å². The summed E-state index contributed by atoms with van der Waals surface area (Å²) in [5.74, 6) is -0.185. The van der Waals surface area contributed by atoms with Crippen LogP contribution in [0.25, 0.3) is 0 Å². The molecule has 1 aliphatic heterocycles. The quantitative estimate of drug-likeness (QED) is 0.699. The van der Waals surface area contributed by atoms with E-state index < -0.39 is 0 Å². The largest absolute Gasteiger partial charge is 0.369 e. The van der Waals surface area contributed by atoms with E-state index in [0.717, 1.165) is 32.4 Å². The number of piperidine rings is 1. The minimum atomic E-state index is -0.188. The Kier molecular flexibility index (Phi) is 4.57. The first-order valence-corrected chi connectivity index (χ1v) is 5.55. The van der Waals surface area contributed by atoms with Gasteiger partial charge in [-0.1, -0.05) is 0 Å². The highest BCUT2D eigenvalue weighted by atomic mass is 16.1. The Morgan fingerprint density at radius 2 is 2.33 bits per heavy atom. The van der Waals surface area contributed by atoms with Crippen LogP contribution >= 0.6 is 0 Å². The van der Waals surface area contributed by atoms with Crippen molar-refractivity contribution in [2.24, 2.45) is 11.7 Å². The number of nitrogens with two attached hydrogens (primary N) is 1. The molecule has 0 aromatic heterocycles. The maximum Gasteiger partial charge on any atom is 0.221 e. The van der Waals surface area contributed by atoms with Crippen molar-refractivity contribution in [3.63, 3.8) is 0 Å². The van der Waals surface area contributed by atoms with Gasteiger partial charge in [0.25, 0.3) is 0 Å². The van der Waals surface area contributed by atoms with Crippen LogP contribution in [0.1, 0.15) is 32.6 Å². The van der Waals surface area contributed by atoms with Gasteiger partial charge in [0.1, 0.15) is 0 Å². The summed E-state index contributed by atoms with van der Waals surface area (Å²) < 4.78 is 0. The van der Waals surface area contributed by atoms with Gasteiger partial charge in [0.15, 0.2) is 0 Å². The molecule has 1 aliphatic rings. The summed E-state index contributed by atoms with van der Waals surface area (Å²) in [5.41, 5.74) is 5.31. The number of nitriles is 1. The molecule has 1 rings (SSSR count). The van der Waals surface area contributed by atoms with Crippen molar-refractivity contribution >= 4 is 5.91 Å². The van der Waals surface area contributed by atoms with Crippen LogP contribution in [0.2, 0.25) is 0 Å². The fourth-order valence-corrected chi connectivity index (χ4v) is 2.08. The molecule has 0 aromatic rings. The van der Waals surface area contributed by atoms with Crippen LogP contribution in [0.3, 0.4) is 0 Å². The number of hydrogen-bond donors (Lipinski definition) is 1. The second-order valence-electron chi connectivity index (χ2n) is 4.28. The number of carbonyl (C=O) groups is 1. The molecular formula is C11H19N3O. The van der Waals surface area contributed by atoms with Gasteiger partial charge in [-0.05, 0) is 32.7 Å². The van der Waals surface area contributed by atoms with Crippen LogP contribution in [0, 0.1) is 17.2 Å². The number of hydrogen-bond acceptors (Lipinski definition) is 3. The number of likely N-dealkylation sites (tertiary alicyclic amines) is 1.